The first-order valence-electron chi connectivity index (χ1n) is 7.29. The molecular weight excluding hydrogens is 284 g/mol. The summed E-state index contributed by atoms with van der Waals surface area (Å²) in [6.07, 6.45) is 6.29. The lowest BCUT2D eigenvalue weighted by molar-refractivity contribution is 0.189. The summed E-state index contributed by atoms with van der Waals surface area (Å²) in [5, 5.41) is 4.31. The van der Waals surface area contributed by atoms with Crippen molar-refractivity contribution in [2.45, 2.75) is 33.4 Å². The summed E-state index contributed by atoms with van der Waals surface area (Å²) in [7, 11) is 0. The van der Waals surface area contributed by atoms with Crippen LogP contribution in [0.4, 0.5) is 8.78 Å². The van der Waals surface area contributed by atoms with Crippen LogP contribution in [0.1, 0.15) is 26.3 Å². The van der Waals surface area contributed by atoms with Gasteiger partial charge < -0.3 is 4.90 Å². The molecule has 0 fully saturated rings. The number of allylic oxidation sites excluding steroid dienone is 2. The van der Waals surface area contributed by atoms with Crippen LogP contribution in [0.25, 0.3) is 0 Å². The SMILES string of the molecule is CC(C)(C)C1NN=C2C=CC(Cc3ccc(F)cc3F)=CN21. The second-order valence-electron chi connectivity index (χ2n) is 6.72. The van der Waals surface area contributed by atoms with Crippen LogP contribution in [0.3, 0.4) is 0 Å². The topological polar surface area (TPSA) is 27.6 Å². The zero-order valence-corrected chi connectivity index (χ0v) is 12.9. The number of amidine groups is 1. The van der Waals surface area contributed by atoms with Crippen molar-refractivity contribution in [3.8, 4) is 0 Å². The van der Waals surface area contributed by atoms with Gasteiger partial charge >= 0.3 is 0 Å². The van der Waals surface area contributed by atoms with Gasteiger partial charge in [0.2, 0.25) is 0 Å². The molecule has 0 saturated heterocycles. The first-order chi connectivity index (χ1) is 10.3. The van der Waals surface area contributed by atoms with E-state index in [9.17, 15) is 8.78 Å². The number of hydrazone groups is 1. The first kappa shape index (κ1) is 14.8. The molecule has 0 radical (unpaired) electrons. The van der Waals surface area contributed by atoms with Crippen molar-refractivity contribution in [2.75, 3.05) is 0 Å². The third-order valence-electron chi connectivity index (χ3n) is 3.83. The zero-order valence-electron chi connectivity index (χ0n) is 12.9. The number of nitrogens with zero attached hydrogens (tertiary/aromatic N) is 2. The Bertz CT molecular complexity index is 684. The average molecular weight is 303 g/mol. The van der Waals surface area contributed by atoms with E-state index in [-0.39, 0.29) is 11.6 Å². The van der Waals surface area contributed by atoms with Crippen molar-refractivity contribution in [3.63, 3.8) is 0 Å². The Kier molecular flexibility index (Phi) is 3.51. The van der Waals surface area contributed by atoms with Gasteiger partial charge in [-0.1, -0.05) is 32.9 Å². The van der Waals surface area contributed by atoms with Gasteiger partial charge in [0.25, 0.3) is 0 Å². The summed E-state index contributed by atoms with van der Waals surface area (Å²) in [5.41, 5.74) is 4.58. The van der Waals surface area contributed by atoms with E-state index in [2.05, 4.69) is 36.2 Å². The Balaban J connectivity index is 1.83. The van der Waals surface area contributed by atoms with Gasteiger partial charge in [0, 0.05) is 24.1 Å². The molecule has 0 aromatic heterocycles. The predicted octanol–water partition coefficient (Wildman–Crippen LogP) is 3.55. The van der Waals surface area contributed by atoms with Crippen LogP contribution in [-0.4, -0.2) is 16.9 Å². The third kappa shape index (κ3) is 2.75. The molecule has 2 heterocycles. The van der Waals surface area contributed by atoms with Gasteiger partial charge in [-0.25, -0.2) is 8.78 Å². The molecule has 0 saturated carbocycles. The number of nitrogens with one attached hydrogen (secondary N) is 1. The van der Waals surface area contributed by atoms with Crippen LogP contribution < -0.4 is 5.43 Å². The van der Waals surface area contributed by atoms with Crippen molar-refractivity contribution in [1.29, 1.82) is 0 Å². The molecule has 3 nitrogen and oxygen atoms in total. The Morgan fingerprint density at radius 3 is 2.68 bits per heavy atom. The molecule has 1 aromatic carbocycles. The van der Waals surface area contributed by atoms with Crippen molar-refractivity contribution in [3.05, 3.63) is 59.3 Å². The summed E-state index contributed by atoms with van der Waals surface area (Å²) in [6.45, 7) is 6.40. The van der Waals surface area contributed by atoms with Crippen molar-refractivity contribution in [1.82, 2.24) is 10.3 Å². The van der Waals surface area contributed by atoms with E-state index in [1.807, 2.05) is 18.4 Å². The molecule has 3 rings (SSSR count). The van der Waals surface area contributed by atoms with E-state index >= 15 is 0 Å². The number of rotatable bonds is 2. The second kappa shape index (κ2) is 5.23. The molecule has 1 N–H and O–H groups in total. The van der Waals surface area contributed by atoms with Gasteiger partial charge in [0.15, 0.2) is 5.84 Å². The van der Waals surface area contributed by atoms with Crippen LogP contribution in [-0.2, 0) is 6.42 Å². The third-order valence-corrected chi connectivity index (χ3v) is 3.83. The molecule has 5 heteroatoms. The van der Waals surface area contributed by atoms with E-state index in [1.54, 1.807) is 0 Å². The summed E-state index contributed by atoms with van der Waals surface area (Å²) in [6, 6.07) is 3.70. The van der Waals surface area contributed by atoms with E-state index in [1.165, 1.54) is 12.1 Å². The molecule has 1 unspecified atom stereocenters. The molecule has 1 atom stereocenters. The highest BCUT2D eigenvalue weighted by Crippen LogP contribution is 2.29. The summed E-state index contributed by atoms with van der Waals surface area (Å²) < 4.78 is 26.8. The highest BCUT2D eigenvalue weighted by atomic mass is 19.1. The highest BCUT2D eigenvalue weighted by Gasteiger charge is 2.35. The largest absolute Gasteiger partial charge is 0.309 e. The van der Waals surface area contributed by atoms with Gasteiger partial charge in [0.05, 0.1) is 0 Å². The number of hydrogen-bond donors (Lipinski definition) is 1. The van der Waals surface area contributed by atoms with E-state index in [0.717, 1.165) is 17.5 Å². The molecule has 2 aliphatic heterocycles. The minimum absolute atomic E-state index is 0.000828. The van der Waals surface area contributed by atoms with Crippen molar-refractivity contribution in [2.24, 2.45) is 10.5 Å². The second-order valence-corrected chi connectivity index (χ2v) is 6.72. The summed E-state index contributed by atoms with van der Waals surface area (Å²) >= 11 is 0. The monoisotopic (exact) mass is 303 g/mol. The van der Waals surface area contributed by atoms with Crippen molar-refractivity contribution < 1.29 is 8.78 Å². The fourth-order valence-corrected chi connectivity index (χ4v) is 2.65. The molecular formula is C17H19F2N3. The van der Waals surface area contributed by atoms with E-state index < -0.39 is 11.6 Å². The number of hydrogen-bond acceptors (Lipinski definition) is 3. The van der Waals surface area contributed by atoms with E-state index in [0.29, 0.717) is 12.0 Å². The maximum absolute atomic E-state index is 13.8. The van der Waals surface area contributed by atoms with Gasteiger partial charge in [-0.05, 0) is 23.3 Å². The smallest absolute Gasteiger partial charge is 0.154 e. The summed E-state index contributed by atoms with van der Waals surface area (Å²) in [5.74, 6) is -0.218. The normalized spacial score (nSPS) is 20.4. The molecule has 0 spiro atoms. The van der Waals surface area contributed by atoms with Gasteiger partial charge in [-0.15, -0.1) is 0 Å². The Morgan fingerprint density at radius 1 is 1.23 bits per heavy atom. The molecule has 116 valence electrons. The number of fused-ring (bicyclic) bond motifs is 1. The number of halogens is 2. The molecule has 0 aliphatic carbocycles. The molecule has 0 amide bonds. The molecule has 0 bridgehead atoms. The Morgan fingerprint density at radius 2 is 2.00 bits per heavy atom. The quantitative estimate of drug-likeness (QED) is 0.905. The zero-order chi connectivity index (χ0) is 15.9. The van der Waals surface area contributed by atoms with Gasteiger partial charge in [0.1, 0.15) is 17.8 Å². The lowest BCUT2D eigenvalue weighted by Crippen LogP contribution is -2.46. The van der Waals surface area contributed by atoms with E-state index in [4.69, 9.17) is 0 Å². The lowest BCUT2D eigenvalue weighted by Gasteiger charge is -2.34. The fraction of sp³-hybridized carbons (Fsp3) is 0.353. The van der Waals surface area contributed by atoms with Crippen LogP contribution in [0.2, 0.25) is 0 Å². The van der Waals surface area contributed by atoms with Crippen molar-refractivity contribution >= 4 is 5.84 Å². The average Bonchev–Trinajstić information content (AvgIpc) is 2.85. The van der Waals surface area contributed by atoms with Gasteiger partial charge in [-0.3, -0.25) is 5.43 Å². The minimum Gasteiger partial charge on any atom is -0.309 e. The van der Waals surface area contributed by atoms with Crippen LogP contribution in [0, 0.1) is 17.0 Å². The first-order valence-corrected chi connectivity index (χ1v) is 7.29. The van der Waals surface area contributed by atoms with Crippen LogP contribution in [0.5, 0.6) is 0 Å². The Labute approximate surface area is 129 Å². The molecule has 1 aromatic rings. The fourth-order valence-electron chi connectivity index (χ4n) is 2.65. The number of benzene rings is 1. The maximum atomic E-state index is 13.8. The molecule has 22 heavy (non-hydrogen) atoms. The Hall–Kier alpha value is -2.17. The predicted molar refractivity (Wildman–Crippen MR) is 82.9 cm³/mol. The molecule has 2 aliphatic rings. The summed E-state index contributed by atoms with van der Waals surface area (Å²) in [4.78, 5) is 2.07. The maximum Gasteiger partial charge on any atom is 0.154 e. The standard InChI is InChI=1S/C17H19F2N3/c1-17(2,3)16-21-20-15-7-4-11(10-22(15)16)8-12-5-6-13(18)9-14(12)19/h4-7,9-10,16,21H,8H2,1-3H3. The highest BCUT2D eigenvalue weighted by molar-refractivity contribution is 5.96. The van der Waals surface area contributed by atoms with Gasteiger partial charge in [-0.2, -0.15) is 5.10 Å². The van der Waals surface area contributed by atoms with Crippen LogP contribution >= 0.6 is 0 Å². The lowest BCUT2D eigenvalue weighted by atomic mass is 9.91. The minimum atomic E-state index is -0.555. The van der Waals surface area contributed by atoms with Crippen LogP contribution in [0.15, 0.2) is 47.2 Å².